The van der Waals surface area contributed by atoms with Crippen LogP contribution in [0.3, 0.4) is 0 Å². The Bertz CT molecular complexity index is 1270. The molecule has 0 bridgehead atoms. The van der Waals surface area contributed by atoms with E-state index in [0.29, 0.717) is 0 Å². The first-order valence-corrected chi connectivity index (χ1v) is 12.9. The highest BCUT2D eigenvalue weighted by Gasteiger charge is 2.31. The van der Waals surface area contributed by atoms with Crippen LogP contribution < -0.4 is 10.6 Å². The summed E-state index contributed by atoms with van der Waals surface area (Å²) >= 11 is 0. The molecule has 3 N–H and O–H groups in total. The van der Waals surface area contributed by atoms with Gasteiger partial charge >= 0.3 is 12.1 Å². The number of hydrogen-bond donors (Lipinski definition) is 3. The zero-order valence-electron chi connectivity index (χ0n) is 22.3. The molecule has 39 heavy (non-hydrogen) atoms. The van der Waals surface area contributed by atoms with Gasteiger partial charge in [0.25, 0.3) is 0 Å². The fourth-order valence-electron chi connectivity index (χ4n) is 4.62. The third-order valence-corrected chi connectivity index (χ3v) is 6.53. The normalized spacial score (nSPS) is 14.0. The molecule has 2 unspecified atom stereocenters. The molecule has 8 heteroatoms. The van der Waals surface area contributed by atoms with Gasteiger partial charge in [0.1, 0.15) is 12.6 Å². The number of carbonyl (C=O) groups is 3. The molecule has 1 aliphatic rings. The van der Waals surface area contributed by atoms with Crippen molar-refractivity contribution in [3.8, 4) is 11.1 Å². The van der Waals surface area contributed by atoms with Crippen LogP contribution in [-0.4, -0.2) is 54.0 Å². The highest BCUT2D eigenvalue weighted by Crippen LogP contribution is 2.44. The predicted molar refractivity (Wildman–Crippen MR) is 147 cm³/mol. The number of amides is 2. The largest absolute Gasteiger partial charge is 0.480 e. The van der Waals surface area contributed by atoms with E-state index in [1.807, 2.05) is 66.7 Å². The maximum Gasteiger partial charge on any atom is 0.407 e. The topological polar surface area (TPSA) is 114 Å². The van der Waals surface area contributed by atoms with Crippen LogP contribution in [0.5, 0.6) is 0 Å². The second kappa shape index (κ2) is 12.1. The molecule has 0 aliphatic heterocycles. The first-order chi connectivity index (χ1) is 18.6. The van der Waals surface area contributed by atoms with Crippen molar-refractivity contribution < 1.29 is 29.0 Å². The Hall–Kier alpha value is -4.17. The highest BCUT2D eigenvalue weighted by molar-refractivity contribution is 5.89. The van der Waals surface area contributed by atoms with Crippen molar-refractivity contribution in [2.45, 2.75) is 50.8 Å². The average Bonchev–Trinajstić information content (AvgIpc) is 3.23. The molecule has 0 saturated carbocycles. The van der Waals surface area contributed by atoms with Gasteiger partial charge in [0.05, 0.1) is 12.2 Å². The SMILES string of the molecule is CC(C)(C)OCC(NC(=O)C(Cc1ccccc1)NC(=O)OCC1c2ccccc2-c2ccccc21)C(=O)O. The summed E-state index contributed by atoms with van der Waals surface area (Å²) in [6, 6.07) is 22.9. The number of ether oxygens (including phenoxy) is 2. The number of carbonyl (C=O) groups excluding carboxylic acids is 2. The molecule has 0 fully saturated rings. The van der Waals surface area contributed by atoms with Crippen molar-refractivity contribution in [2.75, 3.05) is 13.2 Å². The van der Waals surface area contributed by atoms with Crippen molar-refractivity contribution in [3.05, 3.63) is 95.6 Å². The lowest BCUT2D eigenvalue weighted by Gasteiger charge is -2.25. The van der Waals surface area contributed by atoms with Gasteiger partial charge in [-0.05, 0) is 48.6 Å². The Morgan fingerprint density at radius 3 is 1.95 bits per heavy atom. The van der Waals surface area contributed by atoms with E-state index in [1.54, 1.807) is 20.8 Å². The predicted octanol–water partition coefficient (Wildman–Crippen LogP) is 4.52. The zero-order valence-corrected chi connectivity index (χ0v) is 22.3. The minimum absolute atomic E-state index is 0.0940. The van der Waals surface area contributed by atoms with Crippen LogP contribution in [0.4, 0.5) is 4.79 Å². The van der Waals surface area contributed by atoms with Crippen molar-refractivity contribution >= 4 is 18.0 Å². The number of fused-ring (bicyclic) bond motifs is 3. The van der Waals surface area contributed by atoms with Gasteiger partial charge in [-0.15, -0.1) is 0 Å². The Labute approximate surface area is 228 Å². The number of hydrogen-bond acceptors (Lipinski definition) is 5. The Morgan fingerprint density at radius 1 is 0.821 bits per heavy atom. The van der Waals surface area contributed by atoms with Crippen molar-refractivity contribution in [1.29, 1.82) is 0 Å². The number of carboxylic acid groups (broad SMARTS) is 1. The Balaban J connectivity index is 1.45. The molecule has 3 aromatic rings. The molecule has 4 rings (SSSR count). The van der Waals surface area contributed by atoms with Gasteiger partial charge in [0.2, 0.25) is 5.91 Å². The average molecular weight is 531 g/mol. The van der Waals surface area contributed by atoms with Gasteiger partial charge < -0.3 is 25.2 Å². The van der Waals surface area contributed by atoms with E-state index in [-0.39, 0.29) is 25.6 Å². The molecule has 0 spiro atoms. The standard InChI is InChI=1S/C31H34N2O6/c1-31(2,3)39-19-27(29(35)36)32-28(34)26(17-20-11-5-4-6-12-20)33-30(37)38-18-25-23-15-9-7-13-21(23)22-14-8-10-16-24(22)25/h4-16,25-27H,17-19H2,1-3H3,(H,32,34)(H,33,37)(H,35,36). The van der Waals surface area contributed by atoms with E-state index in [9.17, 15) is 19.5 Å². The summed E-state index contributed by atoms with van der Waals surface area (Å²) in [5, 5.41) is 14.8. The molecule has 8 nitrogen and oxygen atoms in total. The Kier molecular flexibility index (Phi) is 8.66. The van der Waals surface area contributed by atoms with Crippen LogP contribution in [-0.2, 0) is 25.5 Å². The van der Waals surface area contributed by atoms with E-state index in [1.165, 1.54) is 0 Å². The number of nitrogens with one attached hydrogen (secondary N) is 2. The molecule has 2 amide bonds. The van der Waals surface area contributed by atoms with Crippen LogP contribution in [0.15, 0.2) is 78.9 Å². The van der Waals surface area contributed by atoms with Crippen LogP contribution >= 0.6 is 0 Å². The van der Waals surface area contributed by atoms with E-state index in [2.05, 4.69) is 22.8 Å². The summed E-state index contributed by atoms with van der Waals surface area (Å²) < 4.78 is 11.2. The number of carboxylic acids is 1. The molecule has 0 saturated heterocycles. The van der Waals surface area contributed by atoms with Crippen LogP contribution in [0, 0.1) is 0 Å². The smallest absolute Gasteiger partial charge is 0.407 e. The van der Waals surface area contributed by atoms with E-state index in [4.69, 9.17) is 9.47 Å². The molecule has 3 aromatic carbocycles. The third kappa shape index (κ3) is 7.23. The molecule has 2 atom stereocenters. The van der Waals surface area contributed by atoms with E-state index in [0.717, 1.165) is 27.8 Å². The van der Waals surface area contributed by atoms with Gasteiger partial charge in [-0.3, -0.25) is 4.79 Å². The van der Waals surface area contributed by atoms with E-state index < -0.39 is 35.7 Å². The minimum Gasteiger partial charge on any atom is -0.480 e. The monoisotopic (exact) mass is 530 g/mol. The summed E-state index contributed by atoms with van der Waals surface area (Å²) in [6.07, 6.45) is -0.602. The number of alkyl carbamates (subject to hydrolysis) is 1. The quantitative estimate of drug-likeness (QED) is 0.355. The molecular formula is C31H34N2O6. The number of rotatable bonds is 10. The molecule has 0 aromatic heterocycles. The second-order valence-electron chi connectivity index (χ2n) is 10.5. The minimum atomic E-state index is -1.28. The van der Waals surface area contributed by atoms with Gasteiger partial charge in [-0.25, -0.2) is 9.59 Å². The summed E-state index contributed by atoms with van der Waals surface area (Å²) in [5.74, 6) is -2.00. The third-order valence-electron chi connectivity index (χ3n) is 6.53. The molecule has 204 valence electrons. The van der Waals surface area contributed by atoms with Crippen molar-refractivity contribution in [2.24, 2.45) is 0 Å². The lowest BCUT2D eigenvalue weighted by Crippen LogP contribution is -2.54. The van der Waals surface area contributed by atoms with Gasteiger partial charge in [-0.2, -0.15) is 0 Å². The summed E-state index contributed by atoms with van der Waals surface area (Å²) in [5.41, 5.74) is 4.60. The van der Waals surface area contributed by atoms with Gasteiger partial charge in [0, 0.05) is 12.3 Å². The fraction of sp³-hybridized carbons (Fsp3) is 0.323. The first-order valence-electron chi connectivity index (χ1n) is 12.9. The maximum absolute atomic E-state index is 13.2. The molecule has 0 radical (unpaired) electrons. The summed E-state index contributed by atoms with van der Waals surface area (Å²) in [7, 11) is 0. The lowest BCUT2D eigenvalue weighted by molar-refractivity contribution is -0.145. The first kappa shape index (κ1) is 27.9. The second-order valence-corrected chi connectivity index (χ2v) is 10.5. The molecular weight excluding hydrogens is 496 g/mol. The van der Waals surface area contributed by atoms with Crippen LogP contribution in [0.1, 0.15) is 43.4 Å². The summed E-state index contributed by atoms with van der Waals surface area (Å²) in [6.45, 7) is 5.27. The lowest BCUT2D eigenvalue weighted by atomic mass is 9.98. The molecule has 0 heterocycles. The highest BCUT2D eigenvalue weighted by atomic mass is 16.5. The maximum atomic E-state index is 13.2. The fourth-order valence-corrected chi connectivity index (χ4v) is 4.62. The van der Waals surface area contributed by atoms with Gasteiger partial charge in [-0.1, -0.05) is 78.9 Å². The number of aliphatic carboxylic acids is 1. The van der Waals surface area contributed by atoms with Crippen LogP contribution in [0.2, 0.25) is 0 Å². The van der Waals surface area contributed by atoms with Gasteiger partial charge in [0.15, 0.2) is 6.04 Å². The van der Waals surface area contributed by atoms with Crippen molar-refractivity contribution in [1.82, 2.24) is 10.6 Å². The van der Waals surface area contributed by atoms with Crippen molar-refractivity contribution in [3.63, 3.8) is 0 Å². The summed E-state index contributed by atoms with van der Waals surface area (Å²) in [4.78, 5) is 38.0. The van der Waals surface area contributed by atoms with Crippen LogP contribution in [0.25, 0.3) is 11.1 Å². The Morgan fingerprint density at radius 2 is 1.38 bits per heavy atom. The molecule has 1 aliphatic carbocycles. The zero-order chi connectivity index (χ0) is 28.0. The number of benzene rings is 3. The van der Waals surface area contributed by atoms with E-state index >= 15 is 0 Å².